The van der Waals surface area contributed by atoms with Gasteiger partial charge in [0, 0.05) is 23.4 Å². The van der Waals surface area contributed by atoms with Crippen molar-refractivity contribution in [2.45, 2.75) is 51.0 Å². The lowest BCUT2D eigenvalue weighted by Crippen LogP contribution is -2.31. The molecule has 4 aromatic rings. The molecule has 5 rings (SSSR count). The molecular weight excluding hydrogens is 430 g/mol. The second-order valence-corrected chi connectivity index (χ2v) is 10.2. The van der Waals surface area contributed by atoms with Crippen LogP contribution in [0.5, 0.6) is 0 Å². The molecule has 0 saturated heterocycles. The van der Waals surface area contributed by atoms with Gasteiger partial charge >= 0.3 is 0 Å². The summed E-state index contributed by atoms with van der Waals surface area (Å²) in [7, 11) is 0. The number of nitrogens with one attached hydrogen (secondary N) is 1. The zero-order valence-corrected chi connectivity index (χ0v) is 19.3. The molecule has 1 amide bonds. The van der Waals surface area contributed by atoms with Crippen molar-refractivity contribution in [3.05, 3.63) is 46.6 Å². The number of benzene rings is 1. The van der Waals surface area contributed by atoms with E-state index < -0.39 is 0 Å². The SMILES string of the molecule is CCc1nc2sc3c(c2c2nnc(SCC(=O)Nc4ccccc4)n12)CC(C)(C)OC3. The molecule has 1 N–H and O–H groups in total. The normalized spacial score (nSPS) is 15.3. The number of ether oxygens (including phenoxy) is 1. The first-order chi connectivity index (χ1) is 14.9. The Morgan fingerprint density at radius 3 is 2.87 bits per heavy atom. The number of hydrogen-bond acceptors (Lipinski definition) is 7. The van der Waals surface area contributed by atoms with Gasteiger partial charge in [-0.3, -0.25) is 9.20 Å². The van der Waals surface area contributed by atoms with E-state index in [0.29, 0.717) is 11.8 Å². The van der Waals surface area contributed by atoms with Crippen LogP contribution in [-0.4, -0.2) is 36.8 Å². The fourth-order valence-corrected chi connectivity index (χ4v) is 5.73. The predicted molar refractivity (Wildman–Crippen MR) is 124 cm³/mol. The van der Waals surface area contributed by atoms with Crippen molar-refractivity contribution in [1.82, 2.24) is 19.6 Å². The maximum Gasteiger partial charge on any atom is 0.234 e. The first-order valence-corrected chi connectivity index (χ1v) is 12.1. The van der Waals surface area contributed by atoms with Crippen molar-refractivity contribution >= 4 is 50.6 Å². The summed E-state index contributed by atoms with van der Waals surface area (Å²) in [6.45, 7) is 6.90. The minimum atomic E-state index is -0.214. The van der Waals surface area contributed by atoms with Crippen molar-refractivity contribution in [2.24, 2.45) is 0 Å². The highest BCUT2D eigenvalue weighted by molar-refractivity contribution is 7.99. The molecule has 1 aliphatic heterocycles. The molecular formula is C22H23N5O2S2. The maximum absolute atomic E-state index is 12.4. The molecule has 0 unspecified atom stereocenters. The van der Waals surface area contributed by atoms with Crippen LogP contribution in [-0.2, 0) is 29.0 Å². The largest absolute Gasteiger partial charge is 0.370 e. The van der Waals surface area contributed by atoms with E-state index in [4.69, 9.17) is 9.72 Å². The van der Waals surface area contributed by atoms with Gasteiger partial charge in [-0.05, 0) is 31.5 Å². The van der Waals surface area contributed by atoms with Crippen LogP contribution in [0.25, 0.3) is 15.9 Å². The maximum atomic E-state index is 12.4. The predicted octanol–water partition coefficient (Wildman–Crippen LogP) is 4.48. The molecule has 0 radical (unpaired) electrons. The number of carbonyl (C=O) groups excluding carboxylic acids is 1. The van der Waals surface area contributed by atoms with Gasteiger partial charge in [-0.1, -0.05) is 36.9 Å². The molecule has 0 saturated carbocycles. The monoisotopic (exact) mass is 453 g/mol. The van der Waals surface area contributed by atoms with Crippen LogP contribution in [0.2, 0.25) is 0 Å². The molecule has 31 heavy (non-hydrogen) atoms. The number of anilines is 1. The standard InChI is InChI=1S/C22H23N5O2S2/c1-4-16-24-20-18(14-10-22(2,3)29-11-15(14)31-20)19-25-26-21(27(16)19)30-12-17(28)23-13-8-6-5-7-9-13/h5-9H,4,10-12H2,1-3H3,(H,23,28). The zero-order chi connectivity index (χ0) is 21.6. The lowest BCUT2D eigenvalue weighted by Gasteiger charge is -2.30. The lowest BCUT2D eigenvalue weighted by molar-refractivity contribution is -0.113. The quantitative estimate of drug-likeness (QED) is 0.449. The smallest absolute Gasteiger partial charge is 0.234 e. The Bertz CT molecular complexity index is 1280. The van der Waals surface area contributed by atoms with Crippen molar-refractivity contribution in [3.63, 3.8) is 0 Å². The van der Waals surface area contributed by atoms with E-state index in [9.17, 15) is 4.79 Å². The number of thioether (sulfide) groups is 1. The fourth-order valence-electron chi connectivity index (χ4n) is 3.86. The van der Waals surface area contributed by atoms with Crippen LogP contribution in [0, 0.1) is 0 Å². The van der Waals surface area contributed by atoms with E-state index in [2.05, 4.69) is 36.3 Å². The van der Waals surface area contributed by atoms with Gasteiger partial charge in [-0.25, -0.2) is 4.98 Å². The molecule has 0 aliphatic carbocycles. The van der Waals surface area contributed by atoms with Crippen LogP contribution < -0.4 is 5.32 Å². The highest BCUT2D eigenvalue weighted by Gasteiger charge is 2.31. The average molecular weight is 454 g/mol. The van der Waals surface area contributed by atoms with Crippen molar-refractivity contribution in [1.29, 1.82) is 0 Å². The van der Waals surface area contributed by atoms with E-state index in [1.165, 1.54) is 22.2 Å². The molecule has 1 aromatic carbocycles. The lowest BCUT2D eigenvalue weighted by atomic mass is 9.94. The summed E-state index contributed by atoms with van der Waals surface area (Å²) >= 11 is 3.06. The number of hydrogen-bond donors (Lipinski definition) is 1. The number of aromatic nitrogens is 4. The Kier molecular flexibility index (Phi) is 5.19. The van der Waals surface area contributed by atoms with Crippen molar-refractivity contribution in [2.75, 3.05) is 11.1 Å². The highest BCUT2D eigenvalue weighted by Crippen LogP contribution is 2.40. The molecule has 1 aliphatic rings. The number of amides is 1. The number of fused-ring (bicyclic) bond motifs is 5. The van der Waals surface area contributed by atoms with Gasteiger partial charge in [0.2, 0.25) is 5.91 Å². The molecule has 0 bridgehead atoms. The second kappa shape index (κ2) is 7.89. The molecule has 160 valence electrons. The number of aryl methyl sites for hydroxylation is 1. The third-order valence-corrected chi connectivity index (χ3v) is 7.35. The van der Waals surface area contributed by atoms with Gasteiger partial charge in [0.25, 0.3) is 0 Å². The average Bonchev–Trinajstić information content (AvgIpc) is 3.32. The first kappa shape index (κ1) is 20.4. The fraction of sp³-hybridized carbons (Fsp3) is 0.364. The molecule has 9 heteroatoms. The Hall–Kier alpha value is -2.49. The van der Waals surface area contributed by atoms with Gasteiger partial charge in [0.15, 0.2) is 10.8 Å². The number of para-hydroxylation sites is 1. The summed E-state index contributed by atoms with van der Waals surface area (Å²) in [5, 5.41) is 13.6. The van der Waals surface area contributed by atoms with E-state index in [0.717, 1.165) is 40.2 Å². The molecule has 7 nitrogen and oxygen atoms in total. The van der Waals surface area contributed by atoms with Crippen molar-refractivity contribution in [3.8, 4) is 0 Å². The van der Waals surface area contributed by atoms with E-state index in [1.54, 1.807) is 11.3 Å². The Labute approximate surface area is 188 Å². The zero-order valence-electron chi connectivity index (χ0n) is 17.6. The highest BCUT2D eigenvalue weighted by atomic mass is 32.2. The van der Waals surface area contributed by atoms with Crippen LogP contribution in [0.4, 0.5) is 5.69 Å². The summed E-state index contributed by atoms with van der Waals surface area (Å²) in [5.74, 6) is 1.07. The van der Waals surface area contributed by atoms with E-state index in [1.807, 2.05) is 34.7 Å². The van der Waals surface area contributed by atoms with Gasteiger partial charge in [0.05, 0.1) is 23.3 Å². The molecule has 0 atom stereocenters. The first-order valence-electron chi connectivity index (χ1n) is 10.2. The number of nitrogens with zero attached hydrogens (tertiary/aromatic N) is 4. The topological polar surface area (TPSA) is 81.4 Å². The van der Waals surface area contributed by atoms with E-state index in [-0.39, 0.29) is 17.3 Å². The van der Waals surface area contributed by atoms with Crippen LogP contribution >= 0.6 is 23.1 Å². The van der Waals surface area contributed by atoms with Gasteiger partial charge in [0.1, 0.15) is 10.7 Å². The Morgan fingerprint density at radius 1 is 1.29 bits per heavy atom. The Morgan fingerprint density at radius 2 is 2.10 bits per heavy atom. The molecule has 0 spiro atoms. The number of carbonyl (C=O) groups is 1. The second-order valence-electron chi connectivity index (χ2n) is 8.14. The Balaban J connectivity index is 1.49. The van der Waals surface area contributed by atoms with Gasteiger partial charge in [-0.2, -0.15) is 0 Å². The summed E-state index contributed by atoms with van der Waals surface area (Å²) in [5.41, 5.74) is 2.66. The van der Waals surface area contributed by atoms with Crippen LogP contribution in [0.1, 0.15) is 37.0 Å². The third kappa shape index (κ3) is 3.81. The summed E-state index contributed by atoms with van der Waals surface area (Å²) in [6.07, 6.45) is 1.57. The van der Waals surface area contributed by atoms with Gasteiger partial charge < -0.3 is 10.1 Å². The van der Waals surface area contributed by atoms with Crippen LogP contribution in [0.3, 0.4) is 0 Å². The number of thiophene rings is 1. The molecule has 4 heterocycles. The van der Waals surface area contributed by atoms with Gasteiger partial charge in [-0.15, -0.1) is 21.5 Å². The molecule has 0 fully saturated rings. The summed E-state index contributed by atoms with van der Waals surface area (Å²) in [4.78, 5) is 19.6. The summed E-state index contributed by atoms with van der Waals surface area (Å²) in [6, 6.07) is 9.45. The minimum Gasteiger partial charge on any atom is -0.370 e. The third-order valence-electron chi connectivity index (χ3n) is 5.32. The number of rotatable bonds is 5. The van der Waals surface area contributed by atoms with E-state index >= 15 is 0 Å². The summed E-state index contributed by atoms with van der Waals surface area (Å²) < 4.78 is 8.01. The van der Waals surface area contributed by atoms with Crippen LogP contribution in [0.15, 0.2) is 35.5 Å². The minimum absolute atomic E-state index is 0.0770. The molecule has 3 aromatic heterocycles. The van der Waals surface area contributed by atoms with Crippen molar-refractivity contribution < 1.29 is 9.53 Å².